The molecule has 3 rings (SSSR count). The maximum atomic E-state index is 11.8. The fourth-order valence-electron chi connectivity index (χ4n) is 2.75. The molecule has 2 amide bonds. The Labute approximate surface area is 127 Å². The van der Waals surface area contributed by atoms with Crippen molar-refractivity contribution in [3.05, 3.63) is 41.1 Å². The van der Waals surface area contributed by atoms with Crippen molar-refractivity contribution in [2.24, 2.45) is 5.73 Å². The summed E-state index contributed by atoms with van der Waals surface area (Å²) in [4.78, 5) is 24.7. The van der Waals surface area contributed by atoms with Gasteiger partial charge in [-0.1, -0.05) is 24.3 Å². The van der Waals surface area contributed by atoms with E-state index in [0.717, 1.165) is 23.1 Å². The Kier molecular flexibility index (Phi) is 3.64. The lowest BCUT2D eigenvalue weighted by molar-refractivity contribution is -0.120. The number of carbonyl (C=O) groups excluding carboxylic acids is 2. The van der Waals surface area contributed by atoms with E-state index in [2.05, 4.69) is 10.5 Å². The Morgan fingerprint density at radius 1 is 1.36 bits per heavy atom. The van der Waals surface area contributed by atoms with Gasteiger partial charge in [0.15, 0.2) is 5.69 Å². The standard InChI is InChI=1S/C15H16N4O3/c1-22-8-12(20)17-19-14-10-5-3-2-4-9(10)6-7-11(14)13(18-19)15(16)21/h2-5H,6-8H2,1H3,(H2,16,21)(H,17,20). The van der Waals surface area contributed by atoms with E-state index in [-0.39, 0.29) is 18.2 Å². The average molecular weight is 300 g/mol. The van der Waals surface area contributed by atoms with Gasteiger partial charge in [0.25, 0.3) is 11.8 Å². The molecule has 0 aliphatic heterocycles. The highest BCUT2D eigenvalue weighted by atomic mass is 16.5. The Balaban J connectivity index is 2.12. The summed E-state index contributed by atoms with van der Waals surface area (Å²) in [6.07, 6.45) is 1.46. The minimum Gasteiger partial charge on any atom is -0.375 e. The van der Waals surface area contributed by atoms with E-state index in [1.807, 2.05) is 24.3 Å². The molecule has 1 aliphatic carbocycles. The number of nitrogens with one attached hydrogen (secondary N) is 1. The number of hydrogen-bond donors (Lipinski definition) is 2. The molecular weight excluding hydrogens is 284 g/mol. The lowest BCUT2D eigenvalue weighted by atomic mass is 9.89. The van der Waals surface area contributed by atoms with E-state index in [9.17, 15) is 9.59 Å². The molecule has 7 nitrogen and oxygen atoms in total. The molecule has 0 atom stereocenters. The summed E-state index contributed by atoms with van der Waals surface area (Å²) in [7, 11) is 1.43. The van der Waals surface area contributed by atoms with Crippen LogP contribution < -0.4 is 11.2 Å². The van der Waals surface area contributed by atoms with Crippen molar-refractivity contribution >= 4 is 11.8 Å². The molecule has 0 fully saturated rings. The molecule has 1 aromatic heterocycles. The molecule has 1 heterocycles. The minimum absolute atomic E-state index is 0.0951. The number of methoxy groups -OCH3 is 1. The second-order valence-electron chi connectivity index (χ2n) is 5.08. The van der Waals surface area contributed by atoms with Crippen LogP contribution in [0.15, 0.2) is 24.3 Å². The van der Waals surface area contributed by atoms with Crippen LogP contribution in [-0.4, -0.2) is 35.4 Å². The van der Waals surface area contributed by atoms with Gasteiger partial charge in [0.1, 0.15) is 6.61 Å². The molecule has 0 spiro atoms. The van der Waals surface area contributed by atoms with Gasteiger partial charge in [-0.3, -0.25) is 9.59 Å². The Morgan fingerprint density at radius 2 is 2.14 bits per heavy atom. The smallest absolute Gasteiger partial charge is 0.269 e. The summed E-state index contributed by atoms with van der Waals surface area (Å²) in [6, 6.07) is 7.84. The molecule has 1 aliphatic rings. The van der Waals surface area contributed by atoms with Crippen molar-refractivity contribution in [3.8, 4) is 11.3 Å². The number of carbonyl (C=O) groups is 2. The number of nitrogens with zero attached hydrogens (tertiary/aromatic N) is 2. The lowest BCUT2D eigenvalue weighted by Gasteiger charge is -2.18. The first-order valence-corrected chi connectivity index (χ1v) is 6.90. The van der Waals surface area contributed by atoms with Gasteiger partial charge in [0, 0.05) is 18.2 Å². The first kappa shape index (κ1) is 14.3. The van der Waals surface area contributed by atoms with E-state index in [0.29, 0.717) is 12.1 Å². The van der Waals surface area contributed by atoms with Gasteiger partial charge < -0.3 is 10.5 Å². The highest BCUT2D eigenvalue weighted by molar-refractivity contribution is 5.95. The molecule has 7 heteroatoms. The molecular formula is C15H16N4O3. The van der Waals surface area contributed by atoms with Crippen molar-refractivity contribution in [2.75, 3.05) is 19.1 Å². The third-order valence-corrected chi connectivity index (χ3v) is 3.64. The molecule has 0 unspecified atom stereocenters. The summed E-state index contributed by atoms with van der Waals surface area (Å²) in [5.41, 5.74) is 11.8. The zero-order valence-electron chi connectivity index (χ0n) is 12.1. The molecule has 0 bridgehead atoms. The van der Waals surface area contributed by atoms with Gasteiger partial charge in [0.05, 0.1) is 5.69 Å². The molecule has 3 N–H and O–H groups in total. The average Bonchev–Trinajstić information content (AvgIpc) is 2.87. The van der Waals surface area contributed by atoms with Gasteiger partial charge in [-0.25, -0.2) is 5.43 Å². The zero-order valence-corrected chi connectivity index (χ0v) is 12.1. The number of hydrogen-bond acceptors (Lipinski definition) is 4. The number of rotatable bonds is 4. The van der Waals surface area contributed by atoms with Crippen molar-refractivity contribution in [1.29, 1.82) is 0 Å². The molecule has 22 heavy (non-hydrogen) atoms. The normalized spacial score (nSPS) is 12.4. The maximum absolute atomic E-state index is 11.8. The Bertz CT molecular complexity index is 751. The second kappa shape index (κ2) is 5.61. The zero-order chi connectivity index (χ0) is 15.7. The van der Waals surface area contributed by atoms with Crippen LogP contribution in [0.1, 0.15) is 21.6 Å². The number of benzene rings is 1. The molecule has 114 valence electrons. The van der Waals surface area contributed by atoms with Gasteiger partial charge in [-0.15, -0.1) is 5.10 Å². The number of primary amides is 1. The van der Waals surface area contributed by atoms with Crippen LogP contribution >= 0.6 is 0 Å². The lowest BCUT2D eigenvalue weighted by Crippen LogP contribution is -2.28. The number of amides is 2. The summed E-state index contributed by atoms with van der Waals surface area (Å²) < 4.78 is 4.80. The van der Waals surface area contributed by atoms with Gasteiger partial charge in [-0.05, 0) is 18.4 Å². The molecule has 0 saturated carbocycles. The fourth-order valence-corrected chi connectivity index (χ4v) is 2.75. The molecule has 0 saturated heterocycles. The molecule has 0 radical (unpaired) electrons. The summed E-state index contributed by atoms with van der Waals surface area (Å²) in [5.74, 6) is -0.956. The van der Waals surface area contributed by atoms with Crippen LogP contribution in [0.4, 0.5) is 0 Å². The third-order valence-electron chi connectivity index (χ3n) is 3.64. The highest BCUT2D eigenvalue weighted by Crippen LogP contribution is 2.34. The minimum atomic E-state index is -0.602. The van der Waals surface area contributed by atoms with E-state index < -0.39 is 5.91 Å². The number of aryl methyl sites for hydroxylation is 1. The predicted molar refractivity (Wildman–Crippen MR) is 79.8 cm³/mol. The third kappa shape index (κ3) is 2.35. The van der Waals surface area contributed by atoms with E-state index in [1.54, 1.807) is 0 Å². The SMILES string of the molecule is COCC(=O)Nn1nc(C(N)=O)c2c1-c1ccccc1CC2. The van der Waals surface area contributed by atoms with E-state index in [1.165, 1.54) is 11.9 Å². The highest BCUT2D eigenvalue weighted by Gasteiger charge is 2.27. The summed E-state index contributed by atoms with van der Waals surface area (Å²) in [5, 5.41) is 4.17. The number of ether oxygens (including phenoxy) is 1. The molecule has 1 aromatic carbocycles. The van der Waals surface area contributed by atoms with Gasteiger partial charge in [0.2, 0.25) is 0 Å². The Hall–Kier alpha value is -2.67. The van der Waals surface area contributed by atoms with E-state index in [4.69, 9.17) is 10.5 Å². The van der Waals surface area contributed by atoms with Crippen LogP contribution in [-0.2, 0) is 22.4 Å². The van der Waals surface area contributed by atoms with Gasteiger partial charge in [-0.2, -0.15) is 4.79 Å². The van der Waals surface area contributed by atoms with Crippen LogP contribution in [0.25, 0.3) is 11.3 Å². The fraction of sp³-hybridized carbons (Fsp3) is 0.267. The molecule has 2 aromatic rings. The van der Waals surface area contributed by atoms with Gasteiger partial charge >= 0.3 is 0 Å². The first-order chi connectivity index (χ1) is 10.6. The van der Waals surface area contributed by atoms with Crippen molar-refractivity contribution in [2.45, 2.75) is 12.8 Å². The summed E-state index contributed by atoms with van der Waals surface area (Å²) in [6.45, 7) is -0.0951. The van der Waals surface area contributed by atoms with Crippen molar-refractivity contribution in [3.63, 3.8) is 0 Å². The topological polar surface area (TPSA) is 99.2 Å². The van der Waals surface area contributed by atoms with Crippen molar-refractivity contribution < 1.29 is 14.3 Å². The quantitative estimate of drug-likeness (QED) is 0.857. The number of nitrogens with two attached hydrogens (primary N) is 1. The van der Waals surface area contributed by atoms with E-state index >= 15 is 0 Å². The van der Waals surface area contributed by atoms with Crippen LogP contribution in [0.3, 0.4) is 0 Å². The van der Waals surface area contributed by atoms with Crippen LogP contribution in [0.2, 0.25) is 0 Å². The first-order valence-electron chi connectivity index (χ1n) is 6.90. The number of fused-ring (bicyclic) bond motifs is 3. The maximum Gasteiger partial charge on any atom is 0.269 e. The van der Waals surface area contributed by atoms with Crippen LogP contribution in [0.5, 0.6) is 0 Å². The summed E-state index contributed by atoms with van der Waals surface area (Å²) >= 11 is 0. The predicted octanol–water partition coefficient (Wildman–Crippen LogP) is 0.464. The number of aromatic nitrogens is 2. The van der Waals surface area contributed by atoms with Crippen LogP contribution in [0, 0.1) is 0 Å². The largest absolute Gasteiger partial charge is 0.375 e. The van der Waals surface area contributed by atoms with Crippen molar-refractivity contribution in [1.82, 2.24) is 9.89 Å². The monoisotopic (exact) mass is 300 g/mol. The second-order valence-corrected chi connectivity index (χ2v) is 5.08. The Morgan fingerprint density at radius 3 is 2.86 bits per heavy atom.